The van der Waals surface area contributed by atoms with Gasteiger partial charge in [0.05, 0.1) is 0 Å². The van der Waals surface area contributed by atoms with Gasteiger partial charge in [0.25, 0.3) is 0 Å². The van der Waals surface area contributed by atoms with E-state index in [-0.39, 0.29) is 5.92 Å². The van der Waals surface area contributed by atoms with E-state index >= 15 is 0 Å². The van der Waals surface area contributed by atoms with Crippen LogP contribution >= 0.6 is 0 Å². The number of aliphatic carboxylic acids is 1. The standard InChI is InChI=1S/C17H23NO4/c1-11-5-7-12(8-6-11)13-9-10-18(14(13)15(19)20)16(21)22-17(2,3)4/h5-8,13-14H,9-10H2,1-4H3,(H,19,20). The van der Waals surface area contributed by atoms with Gasteiger partial charge < -0.3 is 9.84 Å². The SMILES string of the molecule is Cc1ccc(C2CCN(C(=O)OC(C)(C)C)C2C(=O)O)cc1. The zero-order valence-electron chi connectivity index (χ0n) is 13.5. The van der Waals surface area contributed by atoms with Crippen LogP contribution in [-0.4, -0.2) is 40.3 Å². The van der Waals surface area contributed by atoms with Crippen molar-refractivity contribution in [1.29, 1.82) is 0 Å². The lowest BCUT2D eigenvalue weighted by Crippen LogP contribution is -2.45. The van der Waals surface area contributed by atoms with Gasteiger partial charge >= 0.3 is 12.1 Å². The number of rotatable bonds is 2. The number of ether oxygens (including phenoxy) is 1. The summed E-state index contributed by atoms with van der Waals surface area (Å²) in [6.45, 7) is 7.70. The molecule has 1 aliphatic rings. The van der Waals surface area contributed by atoms with E-state index in [4.69, 9.17) is 4.74 Å². The van der Waals surface area contributed by atoms with E-state index in [9.17, 15) is 14.7 Å². The first kappa shape index (κ1) is 16.3. The molecule has 1 aromatic rings. The molecular weight excluding hydrogens is 282 g/mol. The molecule has 0 aromatic heterocycles. The van der Waals surface area contributed by atoms with Crippen LogP contribution in [0.1, 0.15) is 44.2 Å². The van der Waals surface area contributed by atoms with Crippen molar-refractivity contribution in [3.05, 3.63) is 35.4 Å². The van der Waals surface area contributed by atoms with Crippen LogP contribution in [0.5, 0.6) is 0 Å². The highest BCUT2D eigenvalue weighted by Crippen LogP contribution is 2.34. The van der Waals surface area contributed by atoms with Crippen LogP contribution in [0.15, 0.2) is 24.3 Å². The predicted octanol–water partition coefficient (Wildman–Crippen LogP) is 3.17. The lowest BCUT2D eigenvalue weighted by molar-refractivity contribution is -0.142. The Balaban J connectivity index is 2.23. The topological polar surface area (TPSA) is 66.8 Å². The molecule has 0 spiro atoms. The maximum atomic E-state index is 12.2. The van der Waals surface area contributed by atoms with Crippen molar-refractivity contribution in [3.63, 3.8) is 0 Å². The largest absolute Gasteiger partial charge is 0.480 e. The van der Waals surface area contributed by atoms with Gasteiger partial charge in [0, 0.05) is 12.5 Å². The monoisotopic (exact) mass is 305 g/mol. The van der Waals surface area contributed by atoms with Gasteiger partial charge in [-0.2, -0.15) is 0 Å². The molecule has 2 unspecified atom stereocenters. The predicted molar refractivity (Wildman–Crippen MR) is 82.9 cm³/mol. The summed E-state index contributed by atoms with van der Waals surface area (Å²) in [6.07, 6.45) is 0.0636. The quantitative estimate of drug-likeness (QED) is 0.911. The van der Waals surface area contributed by atoms with E-state index in [0.717, 1.165) is 11.1 Å². The molecule has 1 saturated heterocycles. The summed E-state index contributed by atoms with van der Waals surface area (Å²) in [5.74, 6) is -1.19. The van der Waals surface area contributed by atoms with Crippen LogP contribution < -0.4 is 0 Å². The average Bonchev–Trinajstić information content (AvgIpc) is 2.82. The van der Waals surface area contributed by atoms with Crippen LogP contribution in [0.4, 0.5) is 4.79 Å². The Morgan fingerprint density at radius 3 is 2.32 bits per heavy atom. The number of aryl methyl sites for hydroxylation is 1. The number of carbonyl (C=O) groups excluding carboxylic acids is 1. The third-order valence-corrected chi connectivity index (χ3v) is 3.78. The van der Waals surface area contributed by atoms with E-state index in [1.807, 2.05) is 31.2 Å². The molecule has 2 atom stereocenters. The Kier molecular flexibility index (Phi) is 4.44. The Hall–Kier alpha value is -2.04. The second kappa shape index (κ2) is 5.99. The van der Waals surface area contributed by atoms with Crippen molar-refractivity contribution in [2.75, 3.05) is 6.54 Å². The Labute approximate surface area is 130 Å². The molecule has 1 aliphatic heterocycles. The van der Waals surface area contributed by atoms with Crippen LogP contribution in [0.2, 0.25) is 0 Å². The number of likely N-dealkylation sites (tertiary alicyclic amines) is 1. The number of carboxylic acid groups (broad SMARTS) is 1. The van der Waals surface area contributed by atoms with E-state index in [2.05, 4.69) is 0 Å². The summed E-state index contributed by atoms with van der Waals surface area (Å²) in [6, 6.07) is 6.93. The molecule has 0 bridgehead atoms. The third-order valence-electron chi connectivity index (χ3n) is 3.78. The molecule has 1 heterocycles. The smallest absolute Gasteiger partial charge is 0.411 e. The van der Waals surface area contributed by atoms with Gasteiger partial charge in [-0.3, -0.25) is 4.90 Å². The minimum atomic E-state index is -0.992. The van der Waals surface area contributed by atoms with Crippen molar-refractivity contribution in [2.45, 2.75) is 51.7 Å². The molecule has 0 radical (unpaired) electrons. The minimum absolute atomic E-state index is 0.203. The van der Waals surface area contributed by atoms with Crippen LogP contribution in [0, 0.1) is 6.92 Å². The summed E-state index contributed by atoms with van der Waals surface area (Å²) in [5, 5.41) is 9.57. The summed E-state index contributed by atoms with van der Waals surface area (Å²) >= 11 is 0. The average molecular weight is 305 g/mol. The van der Waals surface area contributed by atoms with Crippen LogP contribution in [-0.2, 0) is 9.53 Å². The normalized spacial score (nSPS) is 21.7. The molecule has 2 rings (SSSR count). The molecule has 0 saturated carbocycles. The molecule has 5 heteroatoms. The lowest BCUT2D eigenvalue weighted by Gasteiger charge is -2.28. The Morgan fingerprint density at radius 2 is 1.82 bits per heavy atom. The third kappa shape index (κ3) is 3.59. The number of benzene rings is 1. The second-order valence-corrected chi connectivity index (χ2v) is 6.76. The van der Waals surface area contributed by atoms with E-state index in [1.165, 1.54) is 4.90 Å². The van der Waals surface area contributed by atoms with Gasteiger partial charge in [-0.1, -0.05) is 29.8 Å². The number of hydrogen-bond acceptors (Lipinski definition) is 3. The molecule has 1 N–H and O–H groups in total. The number of amides is 1. The van der Waals surface area contributed by atoms with Gasteiger partial charge in [0.2, 0.25) is 0 Å². The fourth-order valence-corrected chi connectivity index (χ4v) is 2.79. The van der Waals surface area contributed by atoms with E-state index in [1.54, 1.807) is 20.8 Å². The molecule has 5 nitrogen and oxygen atoms in total. The molecular formula is C17H23NO4. The van der Waals surface area contributed by atoms with Gasteiger partial charge in [0.1, 0.15) is 11.6 Å². The summed E-state index contributed by atoms with van der Waals surface area (Å²) < 4.78 is 5.33. The highest BCUT2D eigenvalue weighted by atomic mass is 16.6. The first-order valence-corrected chi connectivity index (χ1v) is 7.48. The second-order valence-electron chi connectivity index (χ2n) is 6.76. The van der Waals surface area contributed by atoms with Gasteiger partial charge in [-0.05, 0) is 39.7 Å². The van der Waals surface area contributed by atoms with Crippen molar-refractivity contribution >= 4 is 12.1 Å². The molecule has 120 valence electrons. The van der Waals surface area contributed by atoms with Crippen molar-refractivity contribution < 1.29 is 19.4 Å². The molecule has 0 aliphatic carbocycles. The van der Waals surface area contributed by atoms with Crippen LogP contribution in [0.25, 0.3) is 0 Å². The van der Waals surface area contributed by atoms with Crippen molar-refractivity contribution in [3.8, 4) is 0 Å². The van der Waals surface area contributed by atoms with Crippen molar-refractivity contribution in [2.24, 2.45) is 0 Å². The highest BCUT2D eigenvalue weighted by molar-refractivity contribution is 5.82. The Morgan fingerprint density at radius 1 is 1.23 bits per heavy atom. The molecule has 22 heavy (non-hydrogen) atoms. The zero-order valence-corrected chi connectivity index (χ0v) is 13.5. The number of carbonyl (C=O) groups is 2. The minimum Gasteiger partial charge on any atom is -0.480 e. The maximum Gasteiger partial charge on any atom is 0.411 e. The Bertz CT molecular complexity index is 559. The number of carboxylic acids is 1. The van der Waals surface area contributed by atoms with Crippen LogP contribution in [0.3, 0.4) is 0 Å². The molecule has 1 amide bonds. The van der Waals surface area contributed by atoms with E-state index < -0.39 is 23.7 Å². The fourth-order valence-electron chi connectivity index (χ4n) is 2.79. The highest BCUT2D eigenvalue weighted by Gasteiger charge is 2.44. The van der Waals surface area contributed by atoms with Gasteiger partial charge in [0.15, 0.2) is 0 Å². The first-order chi connectivity index (χ1) is 10.2. The molecule has 1 aromatic carbocycles. The number of nitrogens with zero attached hydrogens (tertiary/aromatic N) is 1. The van der Waals surface area contributed by atoms with E-state index in [0.29, 0.717) is 13.0 Å². The zero-order chi connectivity index (χ0) is 16.5. The summed E-state index contributed by atoms with van der Waals surface area (Å²) in [7, 11) is 0. The van der Waals surface area contributed by atoms with Crippen molar-refractivity contribution in [1.82, 2.24) is 4.90 Å². The van der Waals surface area contributed by atoms with Gasteiger partial charge in [-0.25, -0.2) is 9.59 Å². The first-order valence-electron chi connectivity index (χ1n) is 7.48. The lowest BCUT2D eigenvalue weighted by atomic mass is 9.91. The van der Waals surface area contributed by atoms with Gasteiger partial charge in [-0.15, -0.1) is 0 Å². The summed E-state index contributed by atoms with van der Waals surface area (Å²) in [5.41, 5.74) is 1.43. The fraction of sp³-hybridized carbons (Fsp3) is 0.529. The molecule has 1 fully saturated rings. The summed E-state index contributed by atoms with van der Waals surface area (Å²) in [4.78, 5) is 25.3. The maximum absolute atomic E-state index is 12.2. The number of hydrogen-bond donors (Lipinski definition) is 1.